The number of halogens is 2. The zero-order valence-electron chi connectivity index (χ0n) is 7.37. The lowest BCUT2D eigenvalue weighted by Gasteiger charge is -2.32. The summed E-state index contributed by atoms with van der Waals surface area (Å²) in [6, 6.07) is -0.00842. The lowest BCUT2D eigenvalue weighted by atomic mass is 9.85. The average molecular weight is 226 g/mol. The largest absolute Gasteiger partial charge is 0.469 e. The number of hydrogen-bond acceptors (Lipinski definition) is 3. The van der Waals surface area contributed by atoms with E-state index in [-0.39, 0.29) is 22.8 Å². The third-order valence-corrected chi connectivity index (χ3v) is 3.21. The second-order valence-corrected chi connectivity index (χ2v) is 4.43. The first-order valence-electron chi connectivity index (χ1n) is 4.17. The molecule has 0 aromatic carbocycles. The van der Waals surface area contributed by atoms with E-state index in [9.17, 15) is 4.79 Å². The summed E-state index contributed by atoms with van der Waals surface area (Å²) in [7, 11) is 1.34. The molecule has 0 bridgehead atoms. The van der Waals surface area contributed by atoms with Crippen LogP contribution >= 0.6 is 23.2 Å². The minimum Gasteiger partial charge on any atom is -0.469 e. The normalized spacial score (nSPS) is 40.0. The van der Waals surface area contributed by atoms with E-state index in [2.05, 4.69) is 4.74 Å². The fraction of sp³-hybridized carbons (Fsp3) is 0.875. The maximum Gasteiger partial charge on any atom is 0.311 e. The molecule has 2 atom stereocenters. The Kier molecular flexibility index (Phi) is 3.83. The van der Waals surface area contributed by atoms with Crippen LogP contribution in [-0.4, -0.2) is 29.9 Å². The molecule has 0 amide bonds. The van der Waals surface area contributed by atoms with Crippen LogP contribution in [0.2, 0.25) is 0 Å². The molecule has 2 unspecified atom stereocenters. The van der Waals surface area contributed by atoms with Gasteiger partial charge < -0.3 is 10.5 Å². The number of carbonyl (C=O) groups excluding carboxylic acids is 1. The first kappa shape index (κ1) is 11.1. The van der Waals surface area contributed by atoms with Gasteiger partial charge in [-0.2, -0.15) is 0 Å². The molecule has 0 heterocycles. The molecule has 13 heavy (non-hydrogen) atoms. The lowest BCUT2D eigenvalue weighted by molar-refractivity contribution is -0.146. The fourth-order valence-electron chi connectivity index (χ4n) is 1.63. The maximum absolute atomic E-state index is 11.3. The van der Waals surface area contributed by atoms with E-state index in [0.29, 0.717) is 12.8 Å². The molecule has 1 aliphatic carbocycles. The first-order valence-corrected chi connectivity index (χ1v) is 5.05. The van der Waals surface area contributed by atoms with Crippen molar-refractivity contribution < 1.29 is 9.53 Å². The SMILES string of the molecule is COC(=O)C1C(Cl)CC(N)CC1Cl. The number of esters is 1. The van der Waals surface area contributed by atoms with Gasteiger partial charge in [-0.05, 0) is 12.8 Å². The van der Waals surface area contributed by atoms with Gasteiger partial charge in [-0.1, -0.05) is 0 Å². The van der Waals surface area contributed by atoms with E-state index >= 15 is 0 Å². The van der Waals surface area contributed by atoms with E-state index < -0.39 is 5.92 Å². The Morgan fingerprint density at radius 3 is 2.23 bits per heavy atom. The summed E-state index contributed by atoms with van der Waals surface area (Å²) in [5, 5.41) is -0.614. The Morgan fingerprint density at radius 2 is 1.85 bits per heavy atom. The molecule has 0 aliphatic heterocycles. The fourth-order valence-corrected chi connectivity index (χ4v) is 2.72. The number of rotatable bonds is 1. The van der Waals surface area contributed by atoms with Crippen LogP contribution < -0.4 is 5.73 Å². The van der Waals surface area contributed by atoms with Crippen molar-refractivity contribution in [3.8, 4) is 0 Å². The molecule has 5 heteroatoms. The molecule has 2 N–H and O–H groups in total. The van der Waals surface area contributed by atoms with Crippen molar-refractivity contribution in [2.24, 2.45) is 11.7 Å². The highest BCUT2D eigenvalue weighted by atomic mass is 35.5. The Hall–Kier alpha value is 0.01000. The van der Waals surface area contributed by atoms with Crippen LogP contribution in [0.1, 0.15) is 12.8 Å². The zero-order chi connectivity index (χ0) is 10.0. The third-order valence-electron chi connectivity index (χ3n) is 2.31. The standard InChI is InChI=1S/C8H13Cl2NO2/c1-13-8(12)7-5(9)2-4(11)3-6(7)10/h4-7H,2-3,11H2,1H3. The summed E-state index contributed by atoms with van der Waals surface area (Å²) < 4.78 is 4.62. The highest BCUT2D eigenvalue weighted by Gasteiger charge is 2.40. The van der Waals surface area contributed by atoms with Crippen molar-refractivity contribution in [3.05, 3.63) is 0 Å². The second-order valence-electron chi connectivity index (χ2n) is 3.31. The number of ether oxygens (including phenoxy) is 1. The topological polar surface area (TPSA) is 52.3 Å². The molecule has 0 radical (unpaired) electrons. The molecule has 0 aromatic heterocycles. The Morgan fingerprint density at radius 1 is 1.38 bits per heavy atom. The summed E-state index contributed by atoms with van der Waals surface area (Å²) in [4.78, 5) is 11.3. The predicted molar refractivity (Wildman–Crippen MR) is 52.0 cm³/mol. The molecular formula is C8H13Cl2NO2. The molecule has 1 saturated carbocycles. The Balaban J connectivity index is 2.66. The van der Waals surface area contributed by atoms with Crippen molar-refractivity contribution in [2.45, 2.75) is 29.6 Å². The van der Waals surface area contributed by atoms with E-state index in [4.69, 9.17) is 28.9 Å². The predicted octanol–water partition coefficient (Wildman–Crippen LogP) is 1.11. The summed E-state index contributed by atoms with van der Waals surface area (Å²) in [6.45, 7) is 0. The average Bonchev–Trinajstić information content (AvgIpc) is 2.02. The molecule has 1 fully saturated rings. The molecule has 76 valence electrons. The summed E-state index contributed by atoms with van der Waals surface area (Å²) in [5.41, 5.74) is 5.70. The summed E-state index contributed by atoms with van der Waals surface area (Å²) in [6.07, 6.45) is 1.23. The smallest absolute Gasteiger partial charge is 0.311 e. The van der Waals surface area contributed by atoms with Crippen LogP contribution in [0.25, 0.3) is 0 Å². The minimum atomic E-state index is -0.423. The summed E-state index contributed by atoms with van der Waals surface area (Å²) in [5.74, 6) is -0.764. The van der Waals surface area contributed by atoms with Gasteiger partial charge in [0.1, 0.15) is 0 Å². The van der Waals surface area contributed by atoms with E-state index in [1.165, 1.54) is 7.11 Å². The minimum absolute atomic E-state index is 0.00842. The van der Waals surface area contributed by atoms with Gasteiger partial charge in [0.05, 0.1) is 13.0 Å². The van der Waals surface area contributed by atoms with Gasteiger partial charge in [0, 0.05) is 16.8 Å². The van der Waals surface area contributed by atoms with Crippen LogP contribution in [-0.2, 0) is 9.53 Å². The second kappa shape index (κ2) is 4.49. The van der Waals surface area contributed by atoms with Crippen LogP contribution in [0.15, 0.2) is 0 Å². The van der Waals surface area contributed by atoms with Crippen LogP contribution in [0, 0.1) is 5.92 Å². The highest BCUT2D eigenvalue weighted by molar-refractivity contribution is 6.26. The quantitative estimate of drug-likeness (QED) is 0.538. The van der Waals surface area contributed by atoms with Gasteiger partial charge in [0.15, 0.2) is 0 Å². The number of alkyl halides is 2. The lowest BCUT2D eigenvalue weighted by Crippen LogP contribution is -2.44. The summed E-state index contributed by atoms with van der Waals surface area (Å²) >= 11 is 12.0. The van der Waals surface area contributed by atoms with Crippen LogP contribution in [0.3, 0.4) is 0 Å². The number of methoxy groups -OCH3 is 1. The Bertz CT molecular complexity index is 189. The van der Waals surface area contributed by atoms with E-state index in [1.54, 1.807) is 0 Å². The number of nitrogens with two attached hydrogens (primary N) is 1. The van der Waals surface area contributed by atoms with Gasteiger partial charge in [0.25, 0.3) is 0 Å². The maximum atomic E-state index is 11.3. The molecule has 0 spiro atoms. The van der Waals surface area contributed by atoms with Crippen molar-refractivity contribution >= 4 is 29.2 Å². The molecule has 3 nitrogen and oxygen atoms in total. The Labute approximate surface area is 87.5 Å². The molecule has 1 aliphatic rings. The van der Waals surface area contributed by atoms with Gasteiger partial charge in [-0.15, -0.1) is 23.2 Å². The van der Waals surface area contributed by atoms with Gasteiger partial charge in [-0.3, -0.25) is 4.79 Å². The van der Waals surface area contributed by atoms with Crippen molar-refractivity contribution in [1.29, 1.82) is 0 Å². The van der Waals surface area contributed by atoms with Gasteiger partial charge >= 0.3 is 5.97 Å². The van der Waals surface area contributed by atoms with Crippen molar-refractivity contribution in [2.75, 3.05) is 7.11 Å². The highest BCUT2D eigenvalue weighted by Crippen LogP contribution is 2.32. The van der Waals surface area contributed by atoms with E-state index in [0.717, 1.165) is 0 Å². The van der Waals surface area contributed by atoms with Gasteiger partial charge in [0.2, 0.25) is 0 Å². The molecule has 1 rings (SSSR count). The molecule has 0 aromatic rings. The third kappa shape index (κ3) is 2.48. The molecule has 0 saturated heterocycles. The van der Waals surface area contributed by atoms with Crippen molar-refractivity contribution in [3.63, 3.8) is 0 Å². The monoisotopic (exact) mass is 225 g/mol. The van der Waals surface area contributed by atoms with Crippen LogP contribution in [0.4, 0.5) is 0 Å². The van der Waals surface area contributed by atoms with E-state index in [1.807, 2.05) is 0 Å². The van der Waals surface area contributed by atoms with Crippen molar-refractivity contribution in [1.82, 2.24) is 0 Å². The number of hydrogen-bond donors (Lipinski definition) is 1. The van der Waals surface area contributed by atoms with Crippen LogP contribution in [0.5, 0.6) is 0 Å². The number of carbonyl (C=O) groups is 1. The van der Waals surface area contributed by atoms with Gasteiger partial charge in [-0.25, -0.2) is 0 Å². The first-order chi connectivity index (χ1) is 6.06. The zero-order valence-corrected chi connectivity index (χ0v) is 8.89. The molecular weight excluding hydrogens is 213 g/mol.